The number of hydrogen-bond acceptors (Lipinski definition) is 4. The van der Waals surface area contributed by atoms with Gasteiger partial charge in [-0.05, 0) is 30.7 Å². The minimum Gasteiger partial charge on any atom is -0.335 e. The number of nitrogens with one attached hydrogen (secondary N) is 1. The molecule has 6 heteroatoms. The number of carbonyl (C=O) groups is 1. The number of halogens is 1. The fraction of sp³-hybridized carbons (Fsp3) is 0.200. The van der Waals surface area contributed by atoms with Crippen LogP contribution in [0, 0.1) is 0 Å². The molecule has 0 saturated carbocycles. The largest absolute Gasteiger partial charge is 0.335 e. The van der Waals surface area contributed by atoms with Gasteiger partial charge in [0.25, 0.3) is 5.91 Å². The van der Waals surface area contributed by atoms with Crippen molar-refractivity contribution >= 4 is 23.3 Å². The van der Waals surface area contributed by atoms with Crippen LogP contribution >= 0.6 is 11.6 Å². The summed E-state index contributed by atoms with van der Waals surface area (Å²) in [4.78, 5) is 18.1. The molecular weight excluding hydrogens is 288 g/mol. The number of aromatic nitrogens is 1. The van der Waals surface area contributed by atoms with Gasteiger partial charge >= 0.3 is 0 Å². The van der Waals surface area contributed by atoms with Gasteiger partial charge in [0.15, 0.2) is 0 Å². The van der Waals surface area contributed by atoms with Crippen molar-refractivity contribution in [2.75, 3.05) is 12.5 Å². The van der Waals surface area contributed by atoms with Gasteiger partial charge in [0.2, 0.25) is 0 Å². The summed E-state index contributed by atoms with van der Waals surface area (Å²) in [5, 5.41) is 0.642. The lowest BCUT2D eigenvalue weighted by Crippen LogP contribution is -2.30. The standard InChI is InChI=1S/C15H17ClN4O/c1-10(12-5-3-4-6-13(12)16)20(2)15(21)11-7-8-18-14(9-11)19-17/h3-10H,17H2,1-2H3,(H,18,19). The van der Waals surface area contributed by atoms with Gasteiger partial charge in [-0.3, -0.25) is 4.79 Å². The van der Waals surface area contributed by atoms with Gasteiger partial charge in [-0.2, -0.15) is 0 Å². The first-order valence-electron chi connectivity index (χ1n) is 6.49. The van der Waals surface area contributed by atoms with Gasteiger partial charge in [-0.15, -0.1) is 0 Å². The minimum absolute atomic E-state index is 0.124. The summed E-state index contributed by atoms with van der Waals surface area (Å²) in [5.41, 5.74) is 3.85. The van der Waals surface area contributed by atoms with Crippen LogP contribution in [0.25, 0.3) is 0 Å². The number of benzene rings is 1. The first-order valence-corrected chi connectivity index (χ1v) is 6.86. The van der Waals surface area contributed by atoms with E-state index in [1.165, 1.54) is 6.20 Å². The smallest absolute Gasteiger partial charge is 0.254 e. The van der Waals surface area contributed by atoms with Gasteiger partial charge in [0.1, 0.15) is 5.82 Å². The van der Waals surface area contributed by atoms with Crippen LogP contribution in [0.4, 0.5) is 5.82 Å². The molecular formula is C15H17ClN4O. The molecule has 0 aliphatic heterocycles. The van der Waals surface area contributed by atoms with Gasteiger partial charge < -0.3 is 10.3 Å². The number of anilines is 1. The molecule has 1 heterocycles. The molecule has 1 aromatic heterocycles. The Morgan fingerprint density at radius 2 is 2.10 bits per heavy atom. The fourth-order valence-electron chi connectivity index (χ4n) is 2.04. The van der Waals surface area contributed by atoms with Crippen LogP contribution in [0.3, 0.4) is 0 Å². The highest BCUT2D eigenvalue weighted by molar-refractivity contribution is 6.31. The van der Waals surface area contributed by atoms with Crippen molar-refractivity contribution in [3.8, 4) is 0 Å². The van der Waals surface area contributed by atoms with Crippen molar-refractivity contribution in [1.29, 1.82) is 0 Å². The zero-order chi connectivity index (χ0) is 15.4. The Morgan fingerprint density at radius 3 is 2.76 bits per heavy atom. The Labute approximate surface area is 128 Å². The van der Waals surface area contributed by atoms with E-state index < -0.39 is 0 Å². The van der Waals surface area contributed by atoms with E-state index in [-0.39, 0.29) is 11.9 Å². The number of nitrogens with zero attached hydrogens (tertiary/aromatic N) is 2. The van der Waals surface area contributed by atoms with Gasteiger partial charge in [0.05, 0.1) is 6.04 Å². The first kappa shape index (κ1) is 15.3. The van der Waals surface area contributed by atoms with Crippen molar-refractivity contribution in [2.24, 2.45) is 5.84 Å². The summed E-state index contributed by atoms with van der Waals surface area (Å²) < 4.78 is 0. The molecule has 3 N–H and O–H groups in total. The highest BCUT2D eigenvalue weighted by Gasteiger charge is 2.20. The van der Waals surface area contributed by atoms with E-state index in [9.17, 15) is 4.79 Å². The van der Waals surface area contributed by atoms with E-state index in [4.69, 9.17) is 17.4 Å². The maximum Gasteiger partial charge on any atom is 0.254 e. The lowest BCUT2D eigenvalue weighted by Gasteiger charge is -2.26. The Kier molecular flexibility index (Phi) is 4.77. The van der Waals surface area contributed by atoms with Crippen LogP contribution in [0.1, 0.15) is 28.9 Å². The maximum atomic E-state index is 12.5. The molecule has 2 aromatic rings. The molecule has 0 radical (unpaired) electrons. The minimum atomic E-state index is -0.145. The summed E-state index contributed by atoms with van der Waals surface area (Å²) in [6.45, 7) is 1.93. The zero-order valence-electron chi connectivity index (χ0n) is 11.9. The molecule has 1 unspecified atom stereocenters. The number of pyridine rings is 1. The van der Waals surface area contributed by atoms with E-state index in [0.29, 0.717) is 16.4 Å². The van der Waals surface area contributed by atoms with Crippen molar-refractivity contribution < 1.29 is 4.79 Å². The average Bonchev–Trinajstić information content (AvgIpc) is 2.53. The van der Waals surface area contributed by atoms with E-state index in [1.807, 2.05) is 31.2 Å². The molecule has 0 fully saturated rings. The summed E-state index contributed by atoms with van der Waals surface area (Å²) in [6.07, 6.45) is 1.54. The Balaban J connectivity index is 2.24. The summed E-state index contributed by atoms with van der Waals surface area (Å²) in [5.74, 6) is 5.63. The zero-order valence-corrected chi connectivity index (χ0v) is 12.6. The predicted octanol–water partition coefficient (Wildman–Crippen LogP) is 2.85. The lowest BCUT2D eigenvalue weighted by molar-refractivity contribution is 0.0742. The molecule has 0 saturated heterocycles. The van der Waals surface area contributed by atoms with Crippen molar-refractivity contribution in [2.45, 2.75) is 13.0 Å². The van der Waals surface area contributed by atoms with E-state index in [1.54, 1.807) is 24.1 Å². The molecule has 2 rings (SSSR count). The third kappa shape index (κ3) is 3.32. The molecule has 0 aliphatic rings. The van der Waals surface area contributed by atoms with Crippen LogP contribution in [-0.2, 0) is 0 Å². The van der Waals surface area contributed by atoms with Crippen LogP contribution in [0.5, 0.6) is 0 Å². The van der Waals surface area contributed by atoms with E-state index in [0.717, 1.165) is 5.56 Å². The molecule has 21 heavy (non-hydrogen) atoms. The second-order valence-electron chi connectivity index (χ2n) is 4.69. The third-order valence-corrected chi connectivity index (χ3v) is 3.76. The van der Waals surface area contributed by atoms with Crippen LogP contribution in [-0.4, -0.2) is 22.8 Å². The summed E-state index contributed by atoms with van der Waals surface area (Å²) in [7, 11) is 1.74. The third-order valence-electron chi connectivity index (χ3n) is 3.41. The summed E-state index contributed by atoms with van der Waals surface area (Å²) >= 11 is 6.19. The SMILES string of the molecule is CC(c1ccccc1Cl)N(C)C(=O)c1ccnc(NN)c1. The van der Waals surface area contributed by atoms with E-state index in [2.05, 4.69) is 10.4 Å². The van der Waals surface area contributed by atoms with E-state index >= 15 is 0 Å². The molecule has 1 amide bonds. The van der Waals surface area contributed by atoms with Gasteiger partial charge in [-0.1, -0.05) is 29.8 Å². The molecule has 110 valence electrons. The molecule has 0 bridgehead atoms. The summed E-state index contributed by atoms with van der Waals surface area (Å²) in [6, 6.07) is 10.6. The van der Waals surface area contributed by atoms with Crippen molar-refractivity contribution in [3.05, 3.63) is 58.7 Å². The lowest BCUT2D eigenvalue weighted by atomic mass is 10.1. The second kappa shape index (κ2) is 6.56. The van der Waals surface area contributed by atoms with Crippen molar-refractivity contribution in [3.63, 3.8) is 0 Å². The topological polar surface area (TPSA) is 71.2 Å². The van der Waals surface area contributed by atoms with Crippen LogP contribution in [0.15, 0.2) is 42.6 Å². The molecule has 0 spiro atoms. The maximum absolute atomic E-state index is 12.5. The van der Waals surface area contributed by atoms with Crippen LogP contribution < -0.4 is 11.3 Å². The number of hydrazine groups is 1. The van der Waals surface area contributed by atoms with Crippen LogP contribution in [0.2, 0.25) is 5.02 Å². The fourth-order valence-corrected chi connectivity index (χ4v) is 2.34. The Morgan fingerprint density at radius 1 is 1.38 bits per heavy atom. The molecule has 5 nitrogen and oxygen atoms in total. The Bertz CT molecular complexity index is 647. The monoisotopic (exact) mass is 304 g/mol. The highest BCUT2D eigenvalue weighted by atomic mass is 35.5. The number of rotatable bonds is 4. The highest BCUT2D eigenvalue weighted by Crippen LogP contribution is 2.27. The number of carbonyl (C=O) groups excluding carboxylic acids is 1. The quantitative estimate of drug-likeness (QED) is 0.673. The second-order valence-corrected chi connectivity index (χ2v) is 5.09. The first-order chi connectivity index (χ1) is 10.0. The normalized spacial score (nSPS) is 11.8. The number of nitrogens with two attached hydrogens (primary N) is 1. The molecule has 1 aromatic carbocycles. The molecule has 1 atom stereocenters. The van der Waals surface area contributed by atoms with Crippen molar-refractivity contribution in [1.82, 2.24) is 9.88 Å². The average molecular weight is 305 g/mol. The molecule has 0 aliphatic carbocycles. The van der Waals surface area contributed by atoms with Gasteiger partial charge in [-0.25, -0.2) is 10.8 Å². The Hall–Kier alpha value is -2.11. The number of nitrogen functional groups attached to an aromatic ring is 1. The van der Waals surface area contributed by atoms with Gasteiger partial charge in [0, 0.05) is 23.8 Å². The number of hydrogen-bond donors (Lipinski definition) is 2. The predicted molar refractivity (Wildman–Crippen MR) is 84.0 cm³/mol. The number of amides is 1.